The number of halogens is 1. The van der Waals surface area contributed by atoms with Crippen LogP contribution >= 0.6 is 12.4 Å². The summed E-state index contributed by atoms with van der Waals surface area (Å²) in [6.45, 7) is 7.97. The van der Waals surface area contributed by atoms with Crippen molar-refractivity contribution in [3.05, 3.63) is 0 Å². The fourth-order valence-electron chi connectivity index (χ4n) is 2.30. The van der Waals surface area contributed by atoms with Crippen LogP contribution in [0.3, 0.4) is 0 Å². The normalized spacial score (nSPS) is 21.2. The highest BCUT2D eigenvalue weighted by Gasteiger charge is 2.22. The van der Waals surface area contributed by atoms with Crippen LogP contribution in [0.15, 0.2) is 0 Å². The van der Waals surface area contributed by atoms with E-state index in [1.54, 1.807) is 0 Å². The van der Waals surface area contributed by atoms with Gasteiger partial charge in [-0.3, -0.25) is 9.69 Å². The van der Waals surface area contributed by atoms with Crippen molar-refractivity contribution in [1.82, 2.24) is 10.2 Å². The third-order valence-corrected chi connectivity index (χ3v) is 3.67. The predicted octanol–water partition coefficient (Wildman–Crippen LogP) is 1.68. The van der Waals surface area contributed by atoms with E-state index in [-0.39, 0.29) is 18.4 Å². The first kappa shape index (κ1) is 17.7. The SMILES string of the molecule is CCC(C)N(CC(=O)OC)CC1CCCNC1.Cl. The molecular weight excluding hydrogens is 252 g/mol. The molecule has 0 aromatic heterocycles. The van der Waals surface area contributed by atoms with E-state index in [0.29, 0.717) is 18.5 Å². The van der Waals surface area contributed by atoms with Crippen LogP contribution in [0.4, 0.5) is 0 Å². The smallest absolute Gasteiger partial charge is 0.319 e. The lowest BCUT2D eigenvalue weighted by Crippen LogP contribution is -2.44. The largest absolute Gasteiger partial charge is 0.468 e. The van der Waals surface area contributed by atoms with Gasteiger partial charge < -0.3 is 10.1 Å². The molecule has 0 amide bonds. The third-order valence-electron chi connectivity index (χ3n) is 3.67. The minimum absolute atomic E-state index is 0. The van der Waals surface area contributed by atoms with Gasteiger partial charge in [-0.1, -0.05) is 6.92 Å². The van der Waals surface area contributed by atoms with Crippen LogP contribution in [0.5, 0.6) is 0 Å². The van der Waals surface area contributed by atoms with Crippen LogP contribution in [0.1, 0.15) is 33.1 Å². The molecule has 108 valence electrons. The third kappa shape index (κ3) is 6.03. The molecule has 0 spiro atoms. The number of carbonyl (C=O) groups is 1. The molecule has 0 aliphatic carbocycles. The van der Waals surface area contributed by atoms with Crippen LogP contribution in [0.2, 0.25) is 0 Å². The molecule has 2 unspecified atom stereocenters. The van der Waals surface area contributed by atoms with Crippen LogP contribution in [0, 0.1) is 5.92 Å². The molecule has 1 aliphatic heterocycles. The van der Waals surface area contributed by atoms with Crippen molar-refractivity contribution in [3.63, 3.8) is 0 Å². The molecule has 1 N–H and O–H groups in total. The lowest BCUT2D eigenvalue weighted by molar-refractivity contribution is -0.142. The zero-order valence-electron chi connectivity index (χ0n) is 11.8. The van der Waals surface area contributed by atoms with Crippen molar-refractivity contribution in [2.45, 2.75) is 39.2 Å². The van der Waals surface area contributed by atoms with Gasteiger partial charge in [0.1, 0.15) is 0 Å². The molecule has 1 saturated heterocycles. The van der Waals surface area contributed by atoms with Crippen molar-refractivity contribution < 1.29 is 9.53 Å². The first-order valence-corrected chi connectivity index (χ1v) is 6.69. The van der Waals surface area contributed by atoms with Crippen LogP contribution in [-0.2, 0) is 9.53 Å². The average molecular weight is 279 g/mol. The maximum absolute atomic E-state index is 11.4. The number of nitrogens with zero attached hydrogens (tertiary/aromatic N) is 1. The first-order valence-electron chi connectivity index (χ1n) is 6.69. The van der Waals surface area contributed by atoms with Gasteiger partial charge in [-0.2, -0.15) is 0 Å². The van der Waals surface area contributed by atoms with E-state index in [2.05, 4.69) is 24.1 Å². The molecule has 1 heterocycles. The molecule has 1 fully saturated rings. The average Bonchev–Trinajstić information content (AvgIpc) is 2.38. The minimum atomic E-state index is -0.130. The van der Waals surface area contributed by atoms with Gasteiger partial charge in [0.25, 0.3) is 0 Å². The predicted molar refractivity (Wildman–Crippen MR) is 76.2 cm³/mol. The molecule has 4 nitrogen and oxygen atoms in total. The molecule has 2 atom stereocenters. The van der Waals surface area contributed by atoms with E-state index in [4.69, 9.17) is 4.74 Å². The topological polar surface area (TPSA) is 41.6 Å². The fourth-order valence-corrected chi connectivity index (χ4v) is 2.30. The lowest BCUT2D eigenvalue weighted by Gasteiger charge is -2.33. The van der Waals surface area contributed by atoms with Gasteiger partial charge in [-0.15, -0.1) is 12.4 Å². The molecule has 0 aromatic carbocycles. The van der Waals surface area contributed by atoms with Crippen molar-refractivity contribution in [2.75, 3.05) is 33.3 Å². The van der Waals surface area contributed by atoms with Crippen LogP contribution in [-0.4, -0.2) is 50.2 Å². The first-order chi connectivity index (χ1) is 8.17. The van der Waals surface area contributed by atoms with E-state index < -0.39 is 0 Å². The zero-order chi connectivity index (χ0) is 12.7. The van der Waals surface area contributed by atoms with Gasteiger partial charge >= 0.3 is 5.97 Å². The highest BCUT2D eigenvalue weighted by molar-refractivity contribution is 5.85. The maximum atomic E-state index is 11.4. The number of carbonyl (C=O) groups excluding carboxylic acids is 1. The molecule has 0 radical (unpaired) electrons. The summed E-state index contributed by atoms with van der Waals surface area (Å²) >= 11 is 0. The monoisotopic (exact) mass is 278 g/mol. The van der Waals surface area contributed by atoms with E-state index in [1.807, 2.05) is 0 Å². The van der Waals surface area contributed by atoms with Crippen molar-refractivity contribution >= 4 is 18.4 Å². The molecule has 0 bridgehead atoms. The van der Waals surface area contributed by atoms with Crippen molar-refractivity contribution in [3.8, 4) is 0 Å². The van der Waals surface area contributed by atoms with E-state index in [0.717, 1.165) is 26.1 Å². The van der Waals surface area contributed by atoms with Crippen molar-refractivity contribution in [1.29, 1.82) is 0 Å². The summed E-state index contributed by atoms with van der Waals surface area (Å²) in [6, 6.07) is 0.441. The fraction of sp³-hybridized carbons (Fsp3) is 0.923. The number of nitrogens with one attached hydrogen (secondary N) is 1. The van der Waals surface area contributed by atoms with Gasteiger partial charge in [-0.25, -0.2) is 0 Å². The molecule has 1 aliphatic rings. The summed E-state index contributed by atoms with van der Waals surface area (Å²) in [5.41, 5.74) is 0. The number of rotatable bonds is 6. The summed E-state index contributed by atoms with van der Waals surface area (Å²) in [5.74, 6) is 0.538. The quantitative estimate of drug-likeness (QED) is 0.751. The maximum Gasteiger partial charge on any atom is 0.319 e. The molecule has 0 aromatic rings. The van der Waals surface area contributed by atoms with Gasteiger partial charge in [0.05, 0.1) is 13.7 Å². The Kier molecular flexibility index (Phi) is 9.42. The van der Waals surface area contributed by atoms with Gasteiger partial charge in [0, 0.05) is 12.6 Å². The molecule has 5 heteroatoms. The second kappa shape index (κ2) is 9.59. The Morgan fingerprint density at radius 1 is 1.56 bits per heavy atom. The second-order valence-electron chi connectivity index (χ2n) is 4.98. The number of hydrogen-bond donors (Lipinski definition) is 1. The summed E-state index contributed by atoms with van der Waals surface area (Å²) in [4.78, 5) is 13.7. The summed E-state index contributed by atoms with van der Waals surface area (Å²) < 4.78 is 4.77. The zero-order valence-corrected chi connectivity index (χ0v) is 12.6. The number of piperidine rings is 1. The Morgan fingerprint density at radius 2 is 2.28 bits per heavy atom. The number of hydrogen-bond acceptors (Lipinski definition) is 4. The highest BCUT2D eigenvalue weighted by Crippen LogP contribution is 2.14. The van der Waals surface area contributed by atoms with E-state index in [9.17, 15) is 4.79 Å². The van der Waals surface area contributed by atoms with Gasteiger partial charge in [0.2, 0.25) is 0 Å². The molecule has 0 saturated carbocycles. The number of ether oxygens (including phenoxy) is 1. The Morgan fingerprint density at radius 3 is 2.78 bits per heavy atom. The Balaban J connectivity index is 0.00000289. The lowest BCUT2D eigenvalue weighted by atomic mass is 9.98. The molecule has 1 rings (SSSR count). The number of methoxy groups -OCH3 is 1. The van der Waals surface area contributed by atoms with Crippen LogP contribution in [0.25, 0.3) is 0 Å². The summed E-state index contributed by atoms with van der Waals surface area (Å²) in [6.07, 6.45) is 3.58. The van der Waals surface area contributed by atoms with Gasteiger partial charge in [-0.05, 0) is 45.2 Å². The van der Waals surface area contributed by atoms with Crippen molar-refractivity contribution in [2.24, 2.45) is 5.92 Å². The number of esters is 1. The summed E-state index contributed by atoms with van der Waals surface area (Å²) in [7, 11) is 1.46. The highest BCUT2D eigenvalue weighted by atomic mass is 35.5. The van der Waals surface area contributed by atoms with Crippen LogP contribution < -0.4 is 5.32 Å². The standard InChI is InChI=1S/C13H26N2O2.ClH/c1-4-11(2)15(10-13(16)17-3)9-12-6-5-7-14-8-12;/h11-12,14H,4-10H2,1-3H3;1H. The Hall–Kier alpha value is -0.320. The van der Waals surface area contributed by atoms with E-state index in [1.165, 1.54) is 20.0 Å². The Labute approximate surface area is 117 Å². The van der Waals surface area contributed by atoms with Gasteiger partial charge in [0.15, 0.2) is 0 Å². The summed E-state index contributed by atoms with van der Waals surface area (Å²) in [5, 5.41) is 3.42. The molecular formula is C13H27ClN2O2. The Bertz CT molecular complexity index is 233. The minimum Gasteiger partial charge on any atom is -0.468 e. The molecule has 18 heavy (non-hydrogen) atoms. The van der Waals surface area contributed by atoms with E-state index >= 15 is 0 Å². The second-order valence-corrected chi connectivity index (χ2v) is 4.98.